The van der Waals surface area contributed by atoms with Gasteiger partial charge < -0.3 is 36.1 Å². The van der Waals surface area contributed by atoms with Gasteiger partial charge in [0.1, 0.15) is 11.8 Å². The molecule has 1 aromatic carbocycles. The van der Waals surface area contributed by atoms with Gasteiger partial charge in [0.25, 0.3) is 11.8 Å². The molecule has 5 N–H and O–H groups in total. The van der Waals surface area contributed by atoms with Gasteiger partial charge in [0.05, 0.1) is 25.4 Å². The molecule has 2 aliphatic heterocycles. The summed E-state index contributed by atoms with van der Waals surface area (Å²) in [6, 6.07) is 6.60. The Morgan fingerprint density at radius 3 is 2.64 bits per heavy atom. The summed E-state index contributed by atoms with van der Waals surface area (Å²) in [6.45, 7) is 5.13. The lowest BCUT2D eigenvalue weighted by atomic mass is 10.1. The third-order valence-corrected chi connectivity index (χ3v) is 7.93. The first-order valence-corrected chi connectivity index (χ1v) is 15.8. The Morgan fingerprint density at radius 1 is 1.21 bits per heavy atom. The van der Waals surface area contributed by atoms with Gasteiger partial charge in [0.15, 0.2) is 17.3 Å². The molecule has 13 nitrogen and oxygen atoms in total. The number of nitrogens with one attached hydrogen (secondary N) is 3. The second kappa shape index (κ2) is 16.5. The minimum Gasteiger partial charge on any atom is -0.493 e. The molecule has 15 heteroatoms. The highest BCUT2D eigenvalue weighted by molar-refractivity contribution is 5.96. The van der Waals surface area contributed by atoms with Gasteiger partial charge in [-0.05, 0) is 44.7 Å². The Hall–Kier alpha value is -4.37. The van der Waals surface area contributed by atoms with E-state index in [1.165, 1.54) is 29.0 Å². The van der Waals surface area contributed by atoms with Crippen LogP contribution in [-0.4, -0.2) is 109 Å². The zero-order chi connectivity index (χ0) is 34.0. The maximum atomic E-state index is 12.9. The average Bonchev–Trinajstić information content (AvgIpc) is 3.03. The van der Waals surface area contributed by atoms with Crippen molar-refractivity contribution in [1.82, 2.24) is 25.1 Å². The highest BCUT2D eigenvalue weighted by Crippen LogP contribution is 2.27. The summed E-state index contributed by atoms with van der Waals surface area (Å²) in [5.41, 5.74) is 6.96. The first kappa shape index (κ1) is 35.5. The Kier molecular flexibility index (Phi) is 12.4. The van der Waals surface area contributed by atoms with Crippen molar-refractivity contribution in [2.24, 2.45) is 5.73 Å². The monoisotopic (exact) mass is 658 g/mol. The number of carbonyl (C=O) groups excluding carboxylic acids is 3. The number of amides is 3. The van der Waals surface area contributed by atoms with Crippen molar-refractivity contribution in [3.05, 3.63) is 47.8 Å². The van der Waals surface area contributed by atoms with E-state index in [1.54, 1.807) is 31.2 Å². The predicted molar refractivity (Wildman–Crippen MR) is 173 cm³/mol. The van der Waals surface area contributed by atoms with Gasteiger partial charge in [0.2, 0.25) is 11.8 Å². The number of likely N-dealkylation sites (tertiary alicyclic amines) is 1. The second-order valence-corrected chi connectivity index (χ2v) is 11.7. The van der Waals surface area contributed by atoms with Gasteiger partial charge in [-0.25, -0.2) is 18.7 Å². The predicted octanol–water partition coefficient (Wildman–Crippen LogP) is 2.71. The fourth-order valence-corrected chi connectivity index (χ4v) is 5.07. The maximum Gasteiger partial charge on any atom is 0.272 e. The van der Waals surface area contributed by atoms with E-state index in [2.05, 4.69) is 20.9 Å². The van der Waals surface area contributed by atoms with Gasteiger partial charge >= 0.3 is 0 Å². The molecule has 0 bridgehead atoms. The number of likely N-dealkylation sites (N-methyl/N-ethyl adjacent to an activating group) is 1. The van der Waals surface area contributed by atoms with Gasteiger partial charge in [-0.15, -0.1) is 0 Å². The van der Waals surface area contributed by atoms with E-state index in [0.717, 1.165) is 12.8 Å². The third kappa shape index (κ3) is 10.3. The number of alkyl halides is 2. The smallest absolute Gasteiger partial charge is 0.272 e. The minimum atomic E-state index is -2.66. The molecular weight excluding hydrogens is 614 g/mol. The van der Waals surface area contributed by atoms with E-state index < -0.39 is 17.9 Å². The number of hydrogen-bond donors (Lipinski definition) is 4. The van der Waals surface area contributed by atoms with E-state index in [4.69, 9.17) is 20.2 Å². The van der Waals surface area contributed by atoms with E-state index in [0.29, 0.717) is 62.2 Å². The molecule has 256 valence electrons. The normalized spacial score (nSPS) is 17.0. The molecule has 47 heavy (non-hydrogen) atoms. The molecule has 0 spiro atoms. The number of nitrogens with two attached hydrogens (primary N) is 1. The first-order valence-electron chi connectivity index (χ1n) is 15.8. The van der Waals surface area contributed by atoms with Gasteiger partial charge in [-0.3, -0.25) is 19.3 Å². The van der Waals surface area contributed by atoms with Crippen molar-refractivity contribution < 1.29 is 32.6 Å². The fourth-order valence-electron chi connectivity index (χ4n) is 5.07. The lowest BCUT2D eigenvalue weighted by molar-refractivity contribution is -0.135. The van der Waals surface area contributed by atoms with Crippen LogP contribution in [0.2, 0.25) is 0 Å². The first-order chi connectivity index (χ1) is 22.5. The molecule has 2 aromatic rings. The van der Waals surface area contributed by atoms with Crippen LogP contribution in [0, 0.1) is 0 Å². The molecule has 2 fully saturated rings. The summed E-state index contributed by atoms with van der Waals surface area (Å²) >= 11 is 0. The Bertz CT molecular complexity index is 1430. The summed E-state index contributed by atoms with van der Waals surface area (Å²) in [7, 11) is 1.51. The number of primary amides is 1. The molecular formula is C32H44F2N8O5. The third-order valence-electron chi connectivity index (χ3n) is 7.93. The van der Waals surface area contributed by atoms with Crippen molar-refractivity contribution in [2.45, 2.75) is 57.5 Å². The Labute approximate surface area is 273 Å². The van der Waals surface area contributed by atoms with Crippen LogP contribution in [0.3, 0.4) is 0 Å². The van der Waals surface area contributed by atoms with Crippen LogP contribution >= 0.6 is 0 Å². The number of benzene rings is 1. The number of rotatable bonds is 16. The second-order valence-electron chi connectivity index (χ2n) is 11.7. The van der Waals surface area contributed by atoms with E-state index in [9.17, 15) is 23.2 Å². The molecule has 0 aliphatic carbocycles. The van der Waals surface area contributed by atoms with Crippen molar-refractivity contribution in [1.29, 1.82) is 0 Å². The summed E-state index contributed by atoms with van der Waals surface area (Å²) in [5, 5.41) is 9.39. The largest absolute Gasteiger partial charge is 0.493 e. The lowest BCUT2D eigenvalue weighted by Crippen LogP contribution is -2.55. The van der Waals surface area contributed by atoms with Crippen molar-refractivity contribution >= 4 is 35.0 Å². The molecule has 1 atom stereocenters. The van der Waals surface area contributed by atoms with Crippen molar-refractivity contribution in [3.8, 4) is 5.75 Å². The standard InChI is InChI=1S/C32H44F2N8O5/c1-4-25-29(37-22-11-16-46-17-12-22)40-30(27(39-25)28(35)44)38-23-8-5-9-24(18-23)47-15-7-13-36-31(45)21(2)41(3)26(43)10-6-14-42-19-32(33,34)20-42/h5-6,8-10,18,21-22H,4,7,11-17,19-20H2,1-3H3,(H2,35,44)(H,36,45)(H2,37,38,40)/b10-6+/t21-/m0/s1. The summed E-state index contributed by atoms with van der Waals surface area (Å²) < 4.78 is 37.2. The van der Waals surface area contributed by atoms with E-state index in [-0.39, 0.29) is 49.0 Å². The average molecular weight is 659 g/mol. The zero-order valence-electron chi connectivity index (χ0n) is 27.1. The van der Waals surface area contributed by atoms with Crippen LogP contribution in [-0.2, 0) is 20.7 Å². The van der Waals surface area contributed by atoms with E-state index >= 15 is 0 Å². The van der Waals surface area contributed by atoms with Crippen LogP contribution in [0.25, 0.3) is 0 Å². The molecule has 2 aliphatic rings. The number of carbonyl (C=O) groups is 3. The highest BCUT2D eigenvalue weighted by Gasteiger charge is 2.42. The molecule has 0 saturated carbocycles. The van der Waals surface area contributed by atoms with E-state index in [1.807, 2.05) is 6.92 Å². The van der Waals surface area contributed by atoms with Crippen LogP contribution in [0.5, 0.6) is 5.75 Å². The van der Waals surface area contributed by atoms with Gasteiger partial charge in [-0.1, -0.05) is 19.1 Å². The number of halogens is 2. The summed E-state index contributed by atoms with van der Waals surface area (Å²) in [6.07, 6.45) is 5.58. The highest BCUT2D eigenvalue weighted by atomic mass is 19.3. The minimum absolute atomic E-state index is 0.0399. The number of anilines is 3. The summed E-state index contributed by atoms with van der Waals surface area (Å²) in [5.74, 6) is -2.67. The number of aromatic nitrogens is 2. The Balaban J connectivity index is 1.24. The van der Waals surface area contributed by atoms with Crippen LogP contribution in [0.1, 0.15) is 49.3 Å². The molecule has 3 heterocycles. The SMILES string of the molecule is CCc1nc(C(N)=O)c(Nc2cccc(OCCCNC(=O)[C@H](C)N(C)C(=O)/C=C/CN3CC(F)(F)C3)c2)nc1NC1CCOCC1. The number of aryl methyl sites for hydroxylation is 1. The molecule has 1 aromatic heterocycles. The number of nitrogens with zero attached hydrogens (tertiary/aromatic N) is 4. The summed E-state index contributed by atoms with van der Waals surface area (Å²) in [4.78, 5) is 49.2. The molecule has 0 radical (unpaired) electrons. The lowest BCUT2D eigenvalue weighted by Gasteiger charge is -2.37. The zero-order valence-corrected chi connectivity index (χ0v) is 27.1. The molecule has 3 amide bonds. The van der Waals surface area contributed by atoms with Crippen molar-refractivity contribution in [2.75, 3.05) is 63.7 Å². The Morgan fingerprint density at radius 2 is 1.96 bits per heavy atom. The maximum absolute atomic E-state index is 12.9. The van der Waals surface area contributed by atoms with Crippen molar-refractivity contribution in [3.63, 3.8) is 0 Å². The fraction of sp³-hybridized carbons (Fsp3) is 0.531. The van der Waals surface area contributed by atoms with Crippen LogP contribution in [0.15, 0.2) is 36.4 Å². The van der Waals surface area contributed by atoms with Gasteiger partial charge in [0, 0.05) is 57.2 Å². The van der Waals surface area contributed by atoms with Gasteiger partial charge in [-0.2, -0.15) is 0 Å². The number of ether oxygens (including phenoxy) is 2. The topological polar surface area (TPSA) is 164 Å². The number of hydrogen-bond acceptors (Lipinski definition) is 10. The molecule has 0 unspecified atom stereocenters. The molecule has 2 saturated heterocycles. The van der Waals surface area contributed by atoms with Crippen LogP contribution < -0.4 is 26.4 Å². The molecule has 4 rings (SSSR count). The van der Waals surface area contributed by atoms with Crippen LogP contribution in [0.4, 0.5) is 26.1 Å². The quantitative estimate of drug-likeness (QED) is 0.156.